The number of amides is 1. The SMILES string of the molecule is Cc1ccc(N=C(SCC(=O)Nc2ccc(Br)c(C)c2)c2c(O)n(C)c(=O)n(C)c2=O)cc1. The minimum atomic E-state index is -0.696. The molecule has 2 N–H and O–H groups in total. The van der Waals surface area contributed by atoms with Crippen LogP contribution in [0.1, 0.15) is 16.7 Å². The highest BCUT2D eigenvalue weighted by Gasteiger charge is 2.22. The Morgan fingerprint density at radius 2 is 1.76 bits per heavy atom. The largest absolute Gasteiger partial charge is 0.494 e. The fourth-order valence-electron chi connectivity index (χ4n) is 2.97. The molecule has 0 saturated carbocycles. The van der Waals surface area contributed by atoms with Crippen molar-refractivity contribution in [3.8, 4) is 5.88 Å². The van der Waals surface area contributed by atoms with Gasteiger partial charge in [0.25, 0.3) is 5.56 Å². The van der Waals surface area contributed by atoms with Crippen LogP contribution in [0.5, 0.6) is 5.88 Å². The summed E-state index contributed by atoms with van der Waals surface area (Å²) in [5, 5.41) is 13.5. The van der Waals surface area contributed by atoms with E-state index in [4.69, 9.17) is 0 Å². The van der Waals surface area contributed by atoms with Crippen LogP contribution in [0.25, 0.3) is 0 Å². The van der Waals surface area contributed by atoms with Crippen LogP contribution in [0.4, 0.5) is 11.4 Å². The summed E-state index contributed by atoms with van der Waals surface area (Å²) in [6.45, 7) is 3.85. The molecular formula is C23H23BrN4O4S. The summed E-state index contributed by atoms with van der Waals surface area (Å²) < 4.78 is 2.79. The Bertz CT molecular complexity index is 1360. The van der Waals surface area contributed by atoms with Crippen LogP contribution in [-0.2, 0) is 18.9 Å². The molecule has 1 aromatic heterocycles. The Morgan fingerprint density at radius 1 is 1.09 bits per heavy atom. The fraction of sp³-hybridized carbons (Fsp3) is 0.217. The van der Waals surface area contributed by atoms with E-state index in [1.807, 2.05) is 38.1 Å². The molecule has 0 bridgehead atoms. The van der Waals surface area contributed by atoms with E-state index >= 15 is 0 Å². The van der Waals surface area contributed by atoms with E-state index in [0.717, 1.165) is 36.5 Å². The highest BCUT2D eigenvalue weighted by atomic mass is 79.9. The lowest BCUT2D eigenvalue weighted by Gasteiger charge is -2.13. The summed E-state index contributed by atoms with van der Waals surface area (Å²) in [5.41, 5.74) is 1.69. The van der Waals surface area contributed by atoms with E-state index in [2.05, 4.69) is 26.2 Å². The number of nitrogens with one attached hydrogen (secondary N) is 1. The zero-order chi connectivity index (χ0) is 24.3. The number of hydrogen-bond donors (Lipinski definition) is 2. The molecule has 0 aliphatic rings. The predicted molar refractivity (Wildman–Crippen MR) is 136 cm³/mol. The molecule has 0 atom stereocenters. The minimum Gasteiger partial charge on any atom is -0.494 e. The molecule has 0 unspecified atom stereocenters. The van der Waals surface area contributed by atoms with Crippen molar-refractivity contribution in [2.45, 2.75) is 13.8 Å². The first-order valence-electron chi connectivity index (χ1n) is 9.92. The Labute approximate surface area is 203 Å². The van der Waals surface area contributed by atoms with Gasteiger partial charge in [-0.3, -0.25) is 18.7 Å². The summed E-state index contributed by atoms with van der Waals surface area (Å²) in [5.74, 6) is -0.879. The van der Waals surface area contributed by atoms with Crippen molar-refractivity contribution in [1.29, 1.82) is 0 Å². The van der Waals surface area contributed by atoms with Crippen LogP contribution in [0.15, 0.2) is 61.5 Å². The average molecular weight is 531 g/mol. The molecule has 1 heterocycles. The number of thioether (sulfide) groups is 1. The van der Waals surface area contributed by atoms with Crippen LogP contribution in [0.2, 0.25) is 0 Å². The molecule has 0 spiro atoms. The van der Waals surface area contributed by atoms with Crippen LogP contribution in [-0.4, -0.2) is 30.9 Å². The van der Waals surface area contributed by atoms with Crippen molar-refractivity contribution in [2.24, 2.45) is 19.1 Å². The number of aliphatic imine (C=N–C) groups is 1. The number of halogens is 1. The lowest BCUT2D eigenvalue weighted by atomic mass is 10.2. The first kappa shape index (κ1) is 24.5. The molecule has 3 aromatic rings. The maximum Gasteiger partial charge on any atom is 0.333 e. The predicted octanol–water partition coefficient (Wildman–Crippen LogP) is 3.62. The topological polar surface area (TPSA) is 106 Å². The third-order valence-corrected chi connectivity index (χ3v) is 6.76. The standard InChI is InChI=1S/C23H23BrN4O4S/c1-13-5-7-15(8-6-13)26-20(19-21(30)27(3)23(32)28(4)22(19)31)33-12-18(29)25-16-9-10-17(24)14(2)11-16/h5-11,30H,12H2,1-4H3,(H,25,29). The van der Waals surface area contributed by atoms with Crippen LogP contribution >= 0.6 is 27.7 Å². The van der Waals surface area contributed by atoms with Gasteiger partial charge in [-0.15, -0.1) is 0 Å². The highest BCUT2D eigenvalue weighted by Crippen LogP contribution is 2.24. The third kappa shape index (κ3) is 5.63. The monoisotopic (exact) mass is 530 g/mol. The van der Waals surface area contributed by atoms with Crippen molar-refractivity contribution < 1.29 is 9.90 Å². The number of rotatable bonds is 5. The van der Waals surface area contributed by atoms with Gasteiger partial charge in [0.05, 0.1) is 11.4 Å². The number of aromatic nitrogens is 2. The van der Waals surface area contributed by atoms with Crippen molar-refractivity contribution in [1.82, 2.24) is 9.13 Å². The average Bonchev–Trinajstić information content (AvgIpc) is 2.78. The Balaban J connectivity index is 1.96. The van der Waals surface area contributed by atoms with Gasteiger partial charge >= 0.3 is 5.69 Å². The maximum atomic E-state index is 12.8. The van der Waals surface area contributed by atoms with E-state index in [1.54, 1.807) is 18.2 Å². The number of anilines is 1. The highest BCUT2D eigenvalue weighted by molar-refractivity contribution is 9.10. The molecule has 172 valence electrons. The molecule has 10 heteroatoms. The number of carbonyl (C=O) groups excluding carboxylic acids is 1. The summed E-state index contributed by atoms with van der Waals surface area (Å²) in [4.78, 5) is 42.1. The van der Waals surface area contributed by atoms with E-state index < -0.39 is 17.1 Å². The van der Waals surface area contributed by atoms with Crippen molar-refractivity contribution in [2.75, 3.05) is 11.1 Å². The molecule has 33 heavy (non-hydrogen) atoms. The first-order valence-corrected chi connectivity index (χ1v) is 11.7. The van der Waals surface area contributed by atoms with Gasteiger partial charge in [-0.05, 0) is 49.7 Å². The normalized spacial score (nSPS) is 11.5. The number of aryl methyl sites for hydroxylation is 2. The minimum absolute atomic E-state index is 0.0642. The number of hydrogen-bond acceptors (Lipinski definition) is 6. The number of benzene rings is 2. The number of aromatic hydroxyl groups is 1. The molecule has 3 rings (SSSR count). The van der Waals surface area contributed by atoms with Gasteiger partial charge in [0, 0.05) is 24.3 Å². The molecule has 0 aliphatic heterocycles. The second-order valence-electron chi connectivity index (χ2n) is 7.46. The quantitative estimate of drug-likeness (QED) is 0.387. The van der Waals surface area contributed by atoms with Gasteiger partial charge in [-0.25, -0.2) is 9.79 Å². The smallest absolute Gasteiger partial charge is 0.333 e. The lowest BCUT2D eigenvalue weighted by Crippen LogP contribution is -2.39. The second kappa shape index (κ2) is 10.2. The van der Waals surface area contributed by atoms with Gasteiger partial charge in [0.2, 0.25) is 11.8 Å². The molecule has 0 radical (unpaired) electrons. The van der Waals surface area contributed by atoms with E-state index in [0.29, 0.717) is 11.4 Å². The van der Waals surface area contributed by atoms with Crippen LogP contribution in [0, 0.1) is 13.8 Å². The first-order chi connectivity index (χ1) is 15.6. The fourth-order valence-corrected chi connectivity index (χ4v) is 4.05. The zero-order valence-corrected chi connectivity index (χ0v) is 21.0. The van der Waals surface area contributed by atoms with Crippen LogP contribution < -0.4 is 16.6 Å². The molecule has 0 aliphatic carbocycles. The van der Waals surface area contributed by atoms with E-state index in [9.17, 15) is 19.5 Å². The van der Waals surface area contributed by atoms with Crippen molar-refractivity contribution in [3.05, 3.63) is 84.5 Å². The maximum absolute atomic E-state index is 12.8. The van der Waals surface area contributed by atoms with E-state index in [1.165, 1.54) is 14.1 Å². The Kier molecular flexibility index (Phi) is 7.60. The van der Waals surface area contributed by atoms with Crippen LogP contribution in [0.3, 0.4) is 0 Å². The van der Waals surface area contributed by atoms with Gasteiger partial charge in [-0.1, -0.05) is 45.4 Å². The van der Waals surface area contributed by atoms with Gasteiger partial charge in [0.15, 0.2) is 0 Å². The van der Waals surface area contributed by atoms with Crippen molar-refractivity contribution >= 4 is 50.0 Å². The lowest BCUT2D eigenvalue weighted by molar-refractivity contribution is -0.113. The number of carbonyl (C=O) groups is 1. The summed E-state index contributed by atoms with van der Waals surface area (Å²) in [6, 6.07) is 12.7. The molecular weight excluding hydrogens is 508 g/mol. The van der Waals surface area contributed by atoms with Gasteiger partial charge in [0.1, 0.15) is 10.6 Å². The Hall–Kier alpha value is -3.11. The molecule has 8 nitrogen and oxygen atoms in total. The Morgan fingerprint density at radius 3 is 2.39 bits per heavy atom. The third-order valence-electron chi connectivity index (χ3n) is 4.89. The summed E-state index contributed by atoms with van der Waals surface area (Å²) >= 11 is 4.43. The molecule has 0 saturated heterocycles. The molecule has 0 fully saturated rings. The molecule has 2 aromatic carbocycles. The van der Waals surface area contributed by atoms with Gasteiger partial charge < -0.3 is 10.4 Å². The van der Waals surface area contributed by atoms with E-state index in [-0.39, 0.29) is 22.3 Å². The second-order valence-corrected chi connectivity index (χ2v) is 9.28. The zero-order valence-electron chi connectivity index (χ0n) is 18.5. The van der Waals surface area contributed by atoms with Crippen molar-refractivity contribution in [3.63, 3.8) is 0 Å². The van der Waals surface area contributed by atoms with Gasteiger partial charge in [-0.2, -0.15) is 0 Å². The summed E-state index contributed by atoms with van der Waals surface area (Å²) in [7, 11) is 2.68. The summed E-state index contributed by atoms with van der Waals surface area (Å²) in [6.07, 6.45) is 0. The number of nitrogens with zero attached hydrogens (tertiary/aromatic N) is 3. The molecule has 1 amide bonds.